The van der Waals surface area contributed by atoms with Crippen LogP contribution in [0.15, 0.2) is 12.1 Å². The summed E-state index contributed by atoms with van der Waals surface area (Å²) in [4.78, 5) is 5.14. The van der Waals surface area contributed by atoms with Crippen molar-refractivity contribution in [3.8, 4) is 0 Å². The zero-order valence-electron chi connectivity index (χ0n) is 13.0. The van der Waals surface area contributed by atoms with Crippen LogP contribution in [-0.2, 0) is 0 Å². The first-order valence-corrected chi connectivity index (χ1v) is 7.94. The SMILES string of the molecule is CNc1cc(F)cc2c(C(=N)N3CC4CCNC4C3)c(N)[nH]c12. The number of fused-ring (bicyclic) bond motifs is 2. The van der Waals surface area contributed by atoms with Crippen molar-refractivity contribution in [3.05, 3.63) is 23.5 Å². The number of H-pyrrole nitrogens is 1. The Morgan fingerprint density at radius 2 is 2.26 bits per heavy atom. The third kappa shape index (κ3) is 2.15. The summed E-state index contributed by atoms with van der Waals surface area (Å²) >= 11 is 0. The quantitative estimate of drug-likeness (QED) is 0.429. The lowest BCUT2D eigenvalue weighted by molar-refractivity contribution is 0.467. The van der Waals surface area contributed by atoms with Crippen LogP contribution in [0.1, 0.15) is 12.0 Å². The van der Waals surface area contributed by atoms with Crippen LogP contribution in [0, 0.1) is 17.1 Å². The maximum atomic E-state index is 13.9. The predicted molar refractivity (Wildman–Crippen MR) is 90.5 cm³/mol. The van der Waals surface area contributed by atoms with E-state index in [0.29, 0.717) is 40.3 Å². The Balaban J connectivity index is 1.75. The highest BCUT2D eigenvalue weighted by Gasteiger charge is 2.37. The van der Waals surface area contributed by atoms with Gasteiger partial charge in [-0.15, -0.1) is 0 Å². The smallest absolute Gasteiger partial charge is 0.132 e. The van der Waals surface area contributed by atoms with E-state index in [-0.39, 0.29) is 5.82 Å². The molecule has 6 N–H and O–H groups in total. The average Bonchev–Trinajstić information content (AvgIpc) is 3.17. The second-order valence-corrected chi connectivity index (χ2v) is 6.40. The van der Waals surface area contributed by atoms with E-state index in [0.717, 1.165) is 31.6 Å². The topological polar surface area (TPSA) is 93.0 Å². The number of nitrogens with zero attached hydrogens (tertiary/aromatic N) is 1. The molecule has 0 radical (unpaired) electrons. The van der Waals surface area contributed by atoms with Gasteiger partial charge in [0, 0.05) is 31.6 Å². The third-order valence-electron chi connectivity index (χ3n) is 5.09. The number of nitrogen functional groups attached to an aromatic ring is 1. The number of benzene rings is 1. The Bertz CT molecular complexity index is 770. The molecule has 2 aliphatic heterocycles. The Kier molecular flexibility index (Phi) is 3.19. The summed E-state index contributed by atoms with van der Waals surface area (Å²) in [5, 5.41) is 15.7. The van der Waals surface area contributed by atoms with E-state index in [1.807, 2.05) is 4.90 Å². The molecule has 2 unspecified atom stereocenters. The van der Waals surface area contributed by atoms with Gasteiger partial charge in [-0.1, -0.05) is 0 Å². The van der Waals surface area contributed by atoms with E-state index in [2.05, 4.69) is 15.6 Å². The van der Waals surface area contributed by atoms with Crippen molar-refractivity contribution in [2.24, 2.45) is 5.92 Å². The van der Waals surface area contributed by atoms with Gasteiger partial charge in [-0.2, -0.15) is 0 Å². The number of aromatic nitrogens is 1. The molecule has 2 aromatic rings. The molecule has 0 saturated carbocycles. The van der Waals surface area contributed by atoms with Gasteiger partial charge >= 0.3 is 0 Å². The number of hydrogen-bond donors (Lipinski definition) is 5. The number of aromatic amines is 1. The second-order valence-electron chi connectivity index (χ2n) is 6.40. The minimum absolute atomic E-state index is 0.338. The van der Waals surface area contributed by atoms with Crippen LogP contribution in [0.5, 0.6) is 0 Å². The van der Waals surface area contributed by atoms with Crippen molar-refractivity contribution >= 4 is 28.2 Å². The fraction of sp³-hybridized carbons (Fsp3) is 0.438. The van der Waals surface area contributed by atoms with Crippen LogP contribution in [0.4, 0.5) is 15.9 Å². The summed E-state index contributed by atoms with van der Waals surface area (Å²) in [6, 6.07) is 3.32. The number of nitrogens with one attached hydrogen (secondary N) is 4. The summed E-state index contributed by atoms with van der Waals surface area (Å²) in [5.74, 6) is 1.04. The van der Waals surface area contributed by atoms with Gasteiger partial charge in [-0.05, 0) is 31.0 Å². The molecule has 3 heterocycles. The van der Waals surface area contributed by atoms with Crippen LogP contribution in [0.25, 0.3) is 10.9 Å². The van der Waals surface area contributed by atoms with E-state index in [1.165, 1.54) is 12.1 Å². The normalized spacial score (nSPS) is 23.5. The monoisotopic (exact) mass is 316 g/mol. The molecule has 6 nitrogen and oxygen atoms in total. The minimum Gasteiger partial charge on any atom is -0.386 e. The fourth-order valence-corrected chi connectivity index (χ4v) is 3.92. The highest BCUT2D eigenvalue weighted by atomic mass is 19.1. The van der Waals surface area contributed by atoms with Crippen molar-refractivity contribution in [1.29, 1.82) is 5.41 Å². The fourth-order valence-electron chi connectivity index (χ4n) is 3.92. The van der Waals surface area contributed by atoms with Gasteiger partial charge in [0.2, 0.25) is 0 Å². The van der Waals surface area contributed by atoms with Crippen molar-refractivity contribution < 1.29 is 4.39 Å². The van der Waals surface area contributed by atoms with E-state index in [1.54, 1.807) is 7.05 Å². The van der Waals surface area contributed by atoms with Crippen molar-refractivity contribution in [2.75, 3.05) is 37.7 Å². The van der Waals surface area contributed by atoms with Gasteiger partial charge in [0.05, 0.1) is 16.8 Å². The standard InChI is InChI=1S/C16H21FN6/c1-20-11-5-9(17)4-10-13(15(18)22-14(10)11)16(19)23-6-8-2-3-21-12(8)7-23/h4-5,8,12,19-22H,2-3,6-7,18H2,1H3. The summed E-state index contributed by atoms with van der Waals surface area (Å²) in [6.45, 7) is 2.73. The first-order chi connectivity index (χ1) is 11.1. The Labute approximate surface area is 133 Å². The Hall–Kier alpha value is -2.28. The molecule has 2 saturated heterocycles. The average molecular weight is 316 g/mol. The molecule has 1 aromatic carbocycles. The molecule has 2 fully saturated rings. The summed E-state index contributed by atoms with van der Waals surface area (Å²) in [6.07, 6.45) is 1.15. The Morgan fingerprint density at radius 3 is 3.00 bits per heavy atom. The summed E-state index contributed by atoms with van der Waals surface area (Å²) < 4.78 is 13.9. The second kappa shape index (κ2) is 5.13. The number of nitrogens with two attached hydrogens (primary N) is 1. The number of amidine groups is 1. The van der Waals surface area contributed by atoms with E-state index in [9.17, 15) is 4.39 Å². The van der Waals surface area contributed by atoms with E-state index < -0.39 is 0 Å². The zero-order chi connectivity index (χ0) is 16.1. The molecule has 0 spiro atoms. The largest absolute Gasteiger partial charge is 0.386 e. The van der Waals surface area contributed by atoms with Crippen LogP contribution in [0.2, 0.25) is 0 Å². The first kappa shape index (κ1) is 14.3. The van der Waals surface area contributed by atoms with Crippen LogP contribution < -0.4 is 16.4 Å². The minimum atomic E-state index is -0.338. The molecular weight excluding hydrogens is 295 g/mol. The van der Waals surface area contributed by atoms with Gasteiger partial charge in [0.1, 0.15) is 17.5 Å². The summed E-state index contributed by atoms with van der Waals surface area (Å²) in [7, 11) is 1.74. The predicted octanol–water partition coefficient (Wildman–Crippen LogP) is 1.55. The van der Waals surface area contributed by atoms with E-state index in [4.69, 9.17) is 11.1 Å². The molecule has 122 valence electrons. The lowest BCUT2D eigenvalue weighted by Crippen LogP contribution is -2.34. The van der Waals surface area contributed by atoms with Crippen molar-refractivity contribution in [3.63, 3.8) is 0 Å². The number of halogens is 1. The molecule has 7 heteroatoms. The van der Waals surface area contributed by atoms with E-state index >= 15 is 0 Å². The molecule has 4 rings (SSSR count). The molecule has 0 aliphatic carbocycles. The molecule has 0 bridgehead atoms. The maximum absolute atomic E-state index is 13.9. The number of rotatable bonds is 2. The van der Waals surface area contributed by atoms with Crippen LogP contribution >= 0.6 is 0 Å². The highest BCUT2D eigenvalue weighted by Crippen LogP contribution is 2.33. The maximum Gasteiger partial charge on any atom is 0.132 e. The zero-order valence-corrected chi connectivity index (χ0v) is 13.0. The van der Waals surface area contributed by atoms with Crippen LogP contribution in [0.3, 0.4) is 0 Å². The molecule has 2 atom stereocenters. The molecule has 0 amide bonds. The Morgan fingerprint density at radius 1 is 1.43 bits per heavy atom. The number of anilines is 2. The molecule has 2 aliphatic rings. The van der Waals surface area contributed by atoms with Gasteiger partial charge < -0.3 is 26.3 Å². The van der Waals surface area contributed by atoms with Crippen LogP contribution in [-0.4, -0.2) is 48.4 Å². The van der Waals surface area contributed by atoms with Gasteiger partial charge in [0.15, 0.2) is 0 Å². The summed E-state index contributed by atoms with van der Waals surface area (Å²) in [5.41, 5.74) is 8.10. The molecule has 23 heavy (non-hydrogen) atoms. The lowest BCUT2D eigenvalue weighted by atomic mass is 10.1. The van der Waals surface area contributed by atoms with Crippen molar-refractivity contribution in [2.45, 2.75) is 12.5 Å². The number of likely N-dealkylation sites (tertiary alicyclic amines) is 1. The molecular formula is C16H21FN6. The first-order valence-electron chi connectivity index (χ1n) is 7.94. The van der Waals surface area contributed by atoms with Gasteiger partial charge in [0.25, 0.3) is 0 Å². The lowest BCUT2D eigenvalue weighted by Gasteiger charge is -2.20. The van der Waals surface area contributed by atoms with Crippen molar-refractivity contribution in [1.82, 2.24) is 15.2 Å². The van der Waals surface area contributed by atoms with Gasteiger partial charge in [-0.25, -0.2) is 4.39 Å². The number of hydrogen-bond acceptors (Lipinski definition) is 4. The third-order valence-corrected chi connectivity index (χ3v) is 5.09. The van der Waals surface area contributed by atoms with Gasteiger partial charge in [-0.3, -0.25) is 5.41 Å². The highest BCUT2D eigenvalue weighted by molar-refractivity contribution is 6.14. The molecule has 1 aromatic heterocycles.